The van der Waals surface area contributed by atoms with Crippen molar-refractivity contribution in [1.29, 1.82) is 0 Å². The minimum absolute atomic E-state index is 0.0815. The molecule has 0 radical (unpaired) electrons. The van der Waals surface area contributed by atoms with Crippen molar-refractivity contribution in [3.8, 4) is 16.9 Å². The quantitative estimate of drug-likeness (QED) is 0.531. The maximum atomic E-state index is 11.2. The van der Waals surface area contributed by atoms with Gasteiger partial charge in [-0.05, 0) is 36.2 Å². The van der Waals surface area contributed by atoms with E-state index >= 15 is 0 Å². The fourth-order valence-electron chi connectivity index (χ4n) is 3.09. The average Bonchev–Trinajstić information content (AvgIpc) is 2.71. The Kier molecular flexibility index (Phi) is 8.27. The summed E-state index contributed by atoms with van der Waals surface area (Å²) in [5.41, 5.74) is 3.11. The fraction of sp³-hybridized carbons (Fsp3) is 0.304. The van der Waals surface area contributed by atoms with Crippen LogP contribution in [0.3, 0.4) is 0 Å². The van der Waals surface area contributed by atoms with Crippen LogP contribution in [0, 0.1) is 5.92 Å². The Bertz CT molecular complexity index is 845. The van der Waals surface area contributed by atoms with Crippen molar-refractivity contribution in [2.24, 2.45) is 5.92 Å². The second-order valence-corrected chi connectivity index (χ2v) is 6.94. The molecule has 1 unspecified atom stereocenters. The largest absolute Gasteiger partial charge is 0.496 e. The molecule has 2 aromatic carbocycles. The molecule has 0 heterocycles. The van der Waals surface area contributed by atoms with Gasteiger partial charge in [0.2, 0.25) is 0 Å². The number of benzene rings is 2. The van der Waals surface area contributed by atoms with Crippen molar-refractivity contribution < 1.29 is 24.5 Å². The smallest absolute Gasteiger partial charge is 0.307 e. The van der Waals surface area contributed by atoms with Gasteiger partial charge in [-0.2, -0.15) is 0 Å². The molecule has 2 rings (SSSR count). The van der Waals surface area contributed by atoms with Crippen LogP contribution in [0.2, 0.25) is 0 Å². The average molecular weight is 397 g/mol. The highest BCUT2D eigenvalue weighted by molar-refractivity contribution is 5.71. The van der Waals surface area contributed by atoms with Gasteiger partial charge in [-0.1, -0.05) is 55.5 Å². The van der Waals surface area contributed by atoms with Gasteiger partial charge in [-0.15, -0.1) is 0 Å². The van der Waals surface area contributed by atoms with E-state index in [1.165, 1.54) is 6.08 Å². The molecular weight excluding hydrogens is 370 g/mol. The number of aliphatic carboxylic acids is 2. The molecule has 154 valence electrons. The first-order valence-corrected chi connectivity index (χ1v) is 9.48. The summed E-state index contributed by atoms with van der Waals surface area (Å²) < 4.78 is 5.42. The zero-order valence-corrected chi connectivity index (χ0v) is 16.7. The molecule has 0 aliphatic carbocycles. The number of para-hydroxylation sites is 1. The monoisotopic (exact) mass is 397 g/mol. The lowest BCUT2D eigenvalue weighted by molar-refractivity contribution is -0.141. The predicted molar refractivity (Wildman–Crippen MR) is 112 cm³/mol. The molecule has 6 nitrogen and oxygen atoms in total. The van der Waals surface area contributed by atoms with Gasteiger partial charge in [0.25, 0.3) is 0 Å². The van der Waals surface area contributed by atoms with Crippen molar-refractivity contribution >= 4 is 11.9 Å². The number of methoxy groups -OCH3 is 1. The topological polar surface area (TPSA) is 95.9 Å². The number of nitrogens with one attached hydrogen (secondary N) is 1. The highest BCUT2D eigenvalue weighted by Gasteiger charge is 2.18. The molecule has 0 aliphatic heterocycles. The number of ether oxygens (including phenoxy) is 1. The van der Waals surface area contributed by atoms with Crippen LogP contribution in [-0.2, 0) is 16.0 Å². The van der Waals surface area contributed by atoms with Crippen LogP contribution >= 0.6 is 0 Å². The standard InChI is InChI=1S/C23H27NO5/c1-16(23(27)28)14-19(24-13-5-8-22(25)26)15-17-9-11-18(12-10-17)20-6-3-4-7-21(20)29-2/h3-7,9-13,16,19,24H,8,14-15H2,1-2H3,(H,25,26)(H,27,28)/t16-,19?/m0/s1. The number of carbonyl (C=O) groups is 2. The zero-order chi connectivity index (χ0) is 21.2. The molecule has 0 amide bonds. The third-order valence-electron chi connectivity index (χ3n) is 4.66. The molecule has 29 heavy (non-hydrogen) atoms. The zero-order valence-electron chi connectivity index (χ0n) is 16.7. The van der Waals surface area contributed by atoms with Crippen molar-refractivity contribution in [3.05, 3.63) is 66.4 Å². The minimum Gasteiger partial charge on any atom is -0.496 e. The predicted octanol–water partition coefficient (Wildman–Crippen LogP) is 3.96. The first-order chi connectivity index (χ1) is 13.9. The van der Waals surface area contributed by atoms with Gasteiger partial charge < -0.3 is 20.3 Å². The minimum atomic E-state index is -0.912. The van der Waals surface area contributed by atoms with Crippen LogP contribution in [0.1, 0.15) is 25.3 Å². The van der Waals surface area contributed by atoms with Gasteiger partial charge >= 0.3 is 11.9 Å². The van der Waals surface area contributed by atoms with Crippen LogP contribution in [-0.4, -0.2) is 35.3 Å². The van der Waals surface area contributed by atoms with E-state index in [0.29, 0.717) is 12.8 Å². The summed E-state index contributed by atoms with van der Waals surface area (Å²) in [5, 5.41) is 21.1. The third kappa shape index (κ3) is 6.99. The molecule has 0 spiro atoms. The lowest BCUT2D eigenvalue weighted by Gasteiger charge is -2.20. The van der Waals surface area contributed by atoms with Gasteiger partial charge in [0.1, 0.15) is 5.75 Å². The number of hydrogen-bond donors (Lipinski definition) is 3. The second kappa shape index (κ2) is 10.9. The van der Waals surface area contributed by atoms with E-state index in [9.17, 15) is 14.7 Å². The van der Waals surface area contributed by atoms with Crippen molar-refractivity contribution in [2.75, 3.05) is 7.11 Å². The number of rotatable bonds is 11. The molecule has 2 atom stereocenters. The van der Waals surface area contributed by atoms with Gasteiger partial charge in [0, 0.05) is 11.6 Å². The van der Waals surface area contributed by atoms with E-state index in [0.717, 1.165) is 22.4 Å². The molecule has 3 N–H and O–H groups in total. The van der Waals surface area contributed by atoms with Gasteiger partial charge in [-0.3, -0.25) is 9.59 Å². The maximum Gasteiger partial charge on any atom is 0.307 e. The maximum absolute atomic E-state index is 11.2. The van der Waals surface area contributed by atoms with Crippen LogP contribution in [0.25, 0.3) is 11.1 Å². The molecule has 0 aromatic heterocycles. The molecule has 0 bridgehead atoms. The Morgan fingerprint density at radius 2 is 1.79 bits per heavy atom. The summed E-state index contributed by atoms with van der Waals surface area (Å²) >= 11 is 0. The molecule has 0 saturated carbocycles. The van der Waals surface area contributed by atoms with E-state index in [4.69, 9.17) is 9.84 Å². The van der Waals surface area contributed by atoms with Gasteiger partial charge in [0.15, 0.2) is 0 Å². The molecule has 0 fully saturated rings. The molecule has 6 heteroatoms. The van der Waals surface area contributed by atoms with Crippen molar-refractivity contribution in [1.82, 2.24) is 5.32 Å². The van der Waals surface area contributed by atoms with E-state index in [1.54, 1.807) is 20.2 Å². The first-order valence-electron chi connectivity index (χ1n) is 9.48. The van der Waals surface area contributed by atoms with Gasteiger partial charge in [0.05, 0.1) is 19.4 Å². The van der Waals surface area contributed by atoms with Gasteiger partial charge in [-0.25, -0.2) is 0 Å². The van der Waals surface area contributed by atoms with Crippen LogP contribution in [0.15, 0.2) is 60.8 Å². The first kappa shape index (κ1) is 22.0. The van der Waals surface area contributed by atoms with Crippen LogP contribution in [0.4, 0.5) is 0 Å². The lowest BCUT2D eigenvalue weighted by atomic mass is 9.95. The molecular formula is C23H27NO5. The summed E-state index contributed by atoms with van der Waals surface area (Å²) in [5.74, 6) is -1.46. The SMILES string of the molecule is COc1ccccc1-c1ccc(CC(C[C@H](C)C(=O)O)NC=CCC(=O)O)cc1. The third-order valence-corrected chi connectivity index (χ3v) is 4.66. The lowest BCUT2D eigenvalue weighted by Crippen LogP contribution is -2.31. The van der Waals surface area contributed by atoms with E-state index in [-0.39, 0.29) is 12.5 Å². The van der Waals surface area contributed by atoms with E-state index < -0.39 is 17.9 Å². The normalized spacial score (nSPS) is 13.0. The number of carboxylic acids is 2. The number of hydrogen-bond acceptors (Lipinski definition) is 4. The van der Waals surface area contributed by atoms with Crippen molar-refractivity contribution in [3.63, 3.8) is 0 Å². The summed E-state index contributed by atoms with van der Waals surface area (Å²) in [7, 11) is 1.64. The fourth-order valence-corrected chi connectivity index (χ4v) is 3.09. The van der Waals surface area contributed by atoms with E-state index in [1.807, 2.05) is 48.5 Å². The van der Waals surface area contributed by atoms with Crippen LogP contribution < -0.4 is 10.1 Å². The highest BCUT2D eigenvalue weighted by atomic mass is 16.5. The number of carboxylic acid groups (broad SMARTS) is 2. The van der Waals surface area contributed by atoms with Crippen molar-refractivity contribution in [2.45, 2.75) is 32.2 Å². The Hall–Kier alpha value is -3.28. The Morgan fingerprint density at radius 3 is 2.41 bits per heavy atom. The Balaban J connectivity index is 2.11. The Labute approximate surface area is 170 Å². The molecule has 2 aromatic rings. The summed E-state index contributed by atoms with van der Waals surface area (Å²) in [4.78, 5) is 21.9. The molecule has 0 saturated heterocycles. The second-order valence-electron chi connectivity index (χ2n) is 6.94. The summed E-state index contributed by atoms with van der Waals surface area (Å²) in [6, 6.07) is 15.8. The Morgan fingerprint density at radius 1 is 1.10 bits per heavy atom. The van der Waals surface area contributed by atoms with E-state index in [2.05, 4.69) is 5.32 Å². The molecule has 0 aliphatic rings. The highest BCUT2D eigenvalue weighted by Crippen LogP contribution is 2.29. The van der Waals surface area contributed by atoms with Crippen LogP contribution in [0.5, 0.6) is 5.75 Å². The summed E-state index contributed by atoms with van der Waals surface area (Å²) in [6.45, 7) is 1.67. The summed E-state index contributed by atoms with van der Waals surface area (Å²) in [6.07, 6.45) is 4.09.